The van der Waals surface area contributed by atoms with E-state index in [0.717, 1.165) is 35.6 Å². The van der Waals surface area contributed by atoms with Gasteiger partial charge >= 0.3 is 29.6 Å². The fourth-order valence-corrected chi connectivity index (χ4v) is 6.28. The van der Waals surface area contributed by atoms with Gasteiger partial charge in [-0.2, -0.15) is 8.42 Å². The van der Waals surface area contributed by atoms with Crippen molar-refractivity contribution >= 4 is 37.2 Å². The van der Waals surface area contributed by atoms with Gasteiger partial charge in [-0.3, -0.25) is 4.55 Å². The number of hydrogen-bond donors (Lipinski definition) is 1. The first-order valence-corrected chi connectivity index (χ1v) is 16.5. The molecule has 3 aromatic carbocycles. The third-order valence-corrected chi connectivity index (χ3v) is 8.93. The molecule has 0 amide bonds. The number of allylic oxidation sites excluding steroid dienone is 5. The Labute approximate surface area is 276 Å². The molecule has 8 nitrogen and oxygen atoms in total. The van der Waals surface area contributed by atoms with Crippen LogP contribution in [0.25, 0.3) is 5.57 Å². The van der Waals surface area contributed by atoms with Gasteiger partial charge in [0, 0.05) is 42.1 Å². The Hall–Kier alpha value is -2.83. The van der Waals surface area contributed by atoms with Gasteiger partial charge in [0.2, 0.25) is 0 Å². The van der Waals surface area contributed by atoms with Crippen LogP contribution in [0.4, 0.5) is 5.69 Å². The first kappa shape index (κ1) is 34.7. The zero-order valence-electron chi connectivity index (χ0n) is 24.8. The van der Waals surface area contributed by atoms with Gasteiger partial charge in [-0.05, 0) is 80.0 Å². The third-order valence-electron chi connectivity index (χ3n) is 7.18. The van der Waals surface area contributed by atoms with Crippen molar-refractivity contribution < 1.29 is 60.1 Å². The van der Waals surface area contributed by atoms with Crippen molar-refractivity contribution in [2.75, 3.05) is 24.5 Å². The smallest absolute Gasteiger partial charge is 0.744 e. The van der Waals surface area contributed by atoms with Crippen LogP contribution < -0.4 is 34.5 Å². The van der Waals surface area contributed by atoms with Crippen molar-refractivity contribution in [1.82, 2.24) is 0 Å². The van der Waals surface area contributed by atoms with Gasteiger partial charge in [0.05, 0.1) is 9.79 Å². The van der Waals surface area contributed by atoms with Crippen molar-refractivity contribution in [3.8, 4) is 0 Å². The first-order chi connectivity index (χ1) is 20.0. The largest absolute Gasteiger partial charge is 1.00 e. The molecule has 0 bridgehead atoms. The maximum Gasteiger partial charge on any atom is 1.00 e. The van der Waals surface area contributed by atoms with Crippen molar-refractivity contribution in [3.05, 3.63) is 119 Å². The van der Waals surface area contributed by atoms with Crippen molar-refractivity contribution in [1.29, 1.82) is 0 Å². The number of nitrogens with zero attached hydrogens (tertiary/aromatic N) is 2. The van der Waals surface area contributed by atoms with Crippen LogP contribution in [0, 0.1) is 0 Å². The zero-order valence-corrected chi connectivity index (χ0v) is 28.4. The predicted octanol–water partition coefficient (Wildman–Crippen LogP) is 2.29. The van der Waals surface area contributed by atoms with E-state index in [1.807, 2.05) is 60.1 Å². The van der Waals surface area contributed by atoms with Gasteiger partial charge in [-0.25, -0.2) is 13.0 Å². The summed E-state index contributed by atoms with van der Waals surface area (Å²) in [6, 6.07) is 20.2. The molecule has 1 aliphatic rings. The van der Waals surface area contributed by atoms with Crippen LogP contribution in [0.3, 0.4) is 0 Å². The average molecular weight is 630 g/mol. The molecular weight excluding hydrogens is 595 g/mol. The van der Waals surface area contributed by atoms with Gasteiger partial charge in [-0.1, -0.05) is 42.5 Å². The Balaban J connectivity index is 0.00000506. The summed E-state index contributed by atoms with van der Waals surface area (Å²) in [5.41, 5.74) is 5.06. The van der Waals surface area contributed by atoms with Gasteiger partial charge in [0.25, 0.3) is 10.1 Å². The van der Waals surface area contributed by atoms with Crippen LogP contribution in [0.2, 0.25) is 0 Å². The molecule has 3 aromatic rings. The van der Waals surface area contributed by atoms with Crippen molar-refractivity contribution in [2.24, 2.45) is 0 Å². The van der Waals surface area contributed by atoms with E-state index >= 15 is 0 Å². The summed E-state index contributed by atoms with van der Waals surface area (Å²) in [7, 11) is -9.06. The molecule has 0 unspecified atom stereocenters. The summed E-state index contributed by atoms with van der Waals surface area (Å²) in [5.74, 6) is 0. The quantitative estimate of drug-likeness (QED) is 0.208. The minimum absolute atomic E-state index is 0. The fourth-order valence-electron chi connectivity index (χ4n) is 5.05. The van der Waals surface area contributed by atoms with E-state index < -0.39 is 20.2 Å². The number of rotatable bonds is 10. The molecule has 0 spiro atoms. The zero-order chi connectivity index (χ0) is 30.5. The number of anilines is 1. The number of benzene rings is 3. The second-order valence-electron chi connectivity index (χ2n) is 9.73. The molecule has 0 fully saturated rings. The van der Waals surface area contributed by atoms with Gasteiger partial charge in [0.15, 0.2) is 12.3 Å². The van der Waals surface area contributed by atoms with Crippen LogP contribution >= 0.6 is 0 Å². The van der Waals surface area contributed by atoms with Crippen LogP contribution in [0.15, 0.2) is 112 Å². The summed E-state index contributed by atoms with van der Waals surface area (Å²) >= 11 is 0. The van der Waals surface area contributed by atoms with Crippen LogP contribution in [0.1, 0.15) is 37.5 Å². The topological polar surface area (TPSA) is 118 Å². The van der Waals surface area contributed by atoms with E-state index in [-0.39, 0.29) is 39.3 Å². The molecule has 0 aliphatic heterocycles. The molecule has 220 valence electrons. The third kappa shape index (κ3) is 8.42. The standard InChI is InChI=1S/C32H34N2O6S2.Na/c1-4-33(5-2)27-18-14-25(15-19-27)32(30-12-7-8-13-31(30)42(38,39)40)26-16-20-28(21-17-26)34(6-3)23-24-10-9-11-29(22-24)41(35,36)37;/h7-22H,4-6,23H2,1-3H3,(H-,35,36,37,38,39,40);/q;+1. The molecule has 0 radical (unpaired) electrons. The Bertz CT molecular complexity index is 1790. The van der Waals surface area contributed by atoms with E-state index in [1.165, 1.54) is 24.3 Å². The molecule has 0 atom stereocenters. The molecule has 0 saturated heterocycles. The predicted molar refractivity (Wildman–Crippen MR) is 164 cm³/mol. The van der Waals surface area contributed by atoms with Gasteiger partial charge in [0.1, 0.15) is 16.7 Å². The molecule has 1 aliphatic carbocycles. The summed E-state index contributed by atoms with van der Waals surface area (Å²) in [6.45, 7) is 8.85. The maximum absolute atomic E-state index is 12.2. The van der Waals surface area contributed by atoms with Crippen LogP contribution in [-0.2, 0) is 26.8 Å². The minimum Gasteiger partial charge on any atom is -0.744 e. The summed E-state index contributed by atoms with van der Waals surface area (Å²) in [4.78, 5) is 1.76. The van der Waals surface area contributed by atoms with Crippen molar-refractivity contribution in [3.63, 3.8) is 0 Å². The second kappa shape index (κ2) is 14.8. The molecule has 1 N–H and O–H groups in total. The molecule has 4 rings (SSSR count). The Morgan fingerprint density at radius 1 is 0.837 bits per heavy atom. The maximum atomic E-state index is 12.2. The Kier molecular flexibility index (Phi) is 11.9. The molecule has 11 heteroatoms. The second-order valence-corrected chi connectivity index (χ2v) is 12.5. The van der Waals surface area contributed by atoms with E-state index in [1.54, 1.807) is 24.3 Å². The average Bonchev–Trinajstić information content (AvgIpc) is 2.97. The molecule has 43 heavy (non-hydrogen) atoms. The van der Waals surface area contributed by atoms with E-state index in [2.05, 4.69) is 18.7 Å². The van der Waals surface area contributed by atoms with Crippen molar-refractivity contribution in [2.45, 2.75) is 37.1 Å². The monoisotopic (exact) mass is 629 g/mol. The molecule has 0 saturated carbocycles. The molecule has 0 aromatic heterocycles. The van der Waals surface area contributed by atoms with Gasteiger partial charge < -0.3 is 9.45 Å². The van der Waals surface area contributed by atoms with E-state index in [4.69, 9.17) is 0 Å². The normalized spacial score (nSPS) is 13.0. The summed E-state index contributed by atoms with van der Waals surface area (Å²) in [6.07, 6.45) is 7.58. The Morgan fingerprint density at radius 3 is 2.02 bits per heavy atom. The summed E-state index contributed by atoms with van der Waals surface area (Å²) < 4.78 is 71.4. The SMILES string of the molecule is CCN(CC)c1ccc(C(=C2C=CC(=[N+](CC)Cc3cccc(S(=O)(=O)O)c3)C=C2)c2ccccc2S(=O)(=O)[O-])cc1.[Na+]. The Morgan fingerprint density at radius 2 is 1.47 bits per heavy atom. The molecular formula is C32H34N2NaO6S2+. The number of hydrogen-bond acceptors (Lipinski definition) is 6. The fraction of sp³-hybridized carbons (Fsp3) is 0.219. The van der Waals surface area contributed by atoms with Crippen LogP contribution in [-0.4, -0.2) is 55.9 Å². The molecule has 0 heterocycles. The van der Waals surface area contributed by atoms with E-state index in [0.29, 0.717) is 29.8 Å². The van der Waals surface area contributed by atoms with Crippen LogP contribution in [0.5, 0.6) is 0 Å². The minimum atomic E-state index is -4.75. The van der Waals surface area contributed by atoms with Gasteiger partial charge in [-0.15, -0.1) is 0 Å². The first-order valence-electron chi connectivity index (χ1n) is 13.7. The van der Waals surface area contributed by atoms with E-state index in [9.17, 15) is 25.9 Å². The summed E-state index contributed by atoms with van der Waals surface area (Å²) in [5, 5.41) is 0.